The molecule has 0 aliphatic heterocycles. The van der Waals surface area contributed by atoms with Gasteiger partial charge in [-0.1, -0.05) is 18.2 Å². The molecule has 1 amide bonds. The standard InChI is InChI=1S/C14H16FNO/c1-10-7-8-12(9-13(10)15)16-14(17)11-5-3-2-4-6-11/h2-3,7-9,11H,4-6H2,1H3,(H,16,17)/t11-/m1/s1. The quantitative estimate of drug-likeness (QED) is 0.779. The largest absolute Gasteiger partial charge is 0.326 e. The van der Waals surface area contributed by atoms with E-state index in [0.29, 0.717) is 11.3 Å². The second kappa shape index (κ2) is 5.13. The van der Waals surface area contributed by atoms with Crippen molar-refractivity contribution >= 4 is 11.6 Å². The molecule has 0 aromatic heterocycles. The minimum absolute atomic E-state index is 0.0161. The van der Waals surface area contributed by atoms with E-state index < -0.39 is 0 Å². The number of allylic oxidation sites excluding steroid dienone is 2. The van der Waals surface area contributed by atoms with Crippen molar-refractivity contribution in [3.8, 4) is 0 Å². The molecular weight excluding hydrogens is 217 g/mol. The minimum atomic E-state index is -0.286. The van der Waals surface area contributed by atoms with Crippen LogP contribution in [0, 0.1) is 18.7 Å². The molecule has 90 valence electrons. The number of hydrogen-bond acceptors (Lipinski definition) is 1. The summed E-state index contributed by atoms with van der Waals surface area (Å²) in [6.07, 6.45) is 6.72. The van der Waals surface area contributed by atoms with E-state index in [-0.39, 0.29) is 17.6 Å². The smallest absolute Gasteiger partial charge is 0.227 e. The average molecular weight is 233 g/mol. The van der Waals surface area contributed by atoms with Crippen LogP contribution >= 0.6 is 0 Å². The Labute approximate surface area is 101 Å². The van der Waals surface area contributed by atoms with Gasteiger partial charge in [-0.05, 0) is 43.9 Å². The Bertz CT molecular complexity index is 454. The van der Waals surface area contributed by atoms with Crippen LogP contribution in [-0.2, 0) is 4.79 Å². The molecular formula is C14H16FNO. The van der Waals surface area contributed by atoms with Gasteiger partial charge in [0.05, 0.1) is 0 Å². The summed E-state index contributed by atoms with van der Waals surface area (Å²) in [6, 6.07) is 4.77. The Morgan fingerprint density at radius 3 is 2.88 bits per heavy atom. The van der Waals surface area contributed by atoms with E-state index in [0.717, 1.165) is 19.3 Å². The van der Waals surface area contributed by atoms with Crippen LogP contribution in [-0.4, -0.2) is 5.91 Å². The van der Waals surface area contributed by atoms with Gasteiger partial charge >= 0.3 is 0 Å². The Balaban J connectivity index is 2.02. The molecule has 1 aliphatic rings. The van der Waals surface area contributed by atoms with Gasteiger partial charge in [0.25, 0.3) is 0 Å². The summed E-state index contributed by atoms with van der Waals surface area (Å²) >= 11 is 0. The third kappa shape index (κ3) is 2.93. The molecule has 1 aliphatic carbocycles. The summed E-state index contributed by atoms with van der Waals surface area (Å²) in [5.41, 5.74) is 1.12. The summed E-state index contributed by atoms with van der Waals surface area (Å²) in [5.74, 6) is -0.284. The lowest BCUT2D eigenvalue weighted by atomic mass is 9.93. The first kappa shape index (κ1) is 11.8. The number of anilines is 1. The fourth-order valence-corrected chi connectivity index (χ4v) is 1.95. The summed E-state index contributed by atoms with van der Waals surface area (Å²) in [7, 11) is 0. The number of aryl methyl sites for hydroxylation is 1. The van der Waals surface area contributed by atoms with Gasteiger partial charge in [0.15, 0.2) is 0 Å². The van der Waals surface area contributed by atoms with Crippen molar-refractivity contribution in [3.63, 3.8) is 0 Å². The monoisotopic (exact) mass is 233 g/mol. The zero-order chi connectivity index (χ0) is 12.3. The summed E-state index contributed by atoms with van der Waals surface area (Å²) in [5, 5.41) is 2.77. The number of hydrogen-bond donors (Lipinski definition) is 1. The van der Waals surface area contributed by atoms with E-state index in [2.05, 4.69) is 11.4 Å². The first-order valence-electron chi connectivity index (χ1n) is 5.89. The summed E-state index contributed by atoms with van der Waals surface area (Å²) < 4.78 is 13.3. The number of nitrogens with one attached hydrogen (secondary N) is 1. The highest BCUT2D eigenvalue weighted by molar-refractivity contribution is 5.92. The Kier molecular flexibility index (Phi) is 3.57. The van der Waals surface area contributed by atoms with Crippen LogP contribution in [0.15, 0.2) is 30.4 Å². The van der Waals surface area contributed by atoms with E-state index in [4.69, 9.17) is 0 Å². The summed E-state index contributed by atoms with van der Waals surface area (Å²) in [4.78, 5) is 11.9. The normalized spacial score (nSPS) is 19.1. The second-order valence-electron chi connectivity index (χ2n) is 4.43. The van der Waals surface area contributed by atoms with Gasteiger partial charge < -0.3 is 5.32 Å². The molecule has 1 aromatic rings. The van der Waals surface area contributed by atoms with Crippen molar-refractivity contribution in [2.45, 2.75) is 26.2 Å². The molecule has 0 bridgehead atoms. The van der Waals surface area contributed by atoms with Crippen LogP contribution in [0.5, 0.6) is 0 Å². The van der Waals surface area contributed by atoms with Crippen molar-refractivity contribution in [2.75, 3.05) is 5.32 Å². The Morgan fingerprint density at radius 2 is 2.24 bits per heavy atom. The van der Waals surface area contributed by atoms with Crippen LogP contribution in [0.4, 0.5) is 10.1 Å². The van der Waals surface area contributed by atoms with E-state index >= 15 is 0 Å². The number of carbonyl (C=O) groups excluding carboxylic acids is 1. The zero-order valence-corrected chi connectivity index (χ0v) is 9.87. The topological polar surface area (TPSA) is 29.1 Å². The zero-order valence-electron chi connectivity index (χ0n) is 9.87. The third-order valence-electron chi connectivity index (χ3n) is 3.08. The van der Waals surface area contributed by atoms with Crippen LogP contribution in [0.1, 0.15) is 24.8 Å². The van der Waals surface area contributed by atoms with E-state index in [1.165, 1.54) is 6.07 Å². The van der Waals surface area contributed by atoms with Crippen molar-refractivity contribution in [1.82, 2.24) is 0 Å². The van der Waals surface area contributed by atoms with Crippen molar-refractivity contribution in [1.29, 1.82) is 0 Å². The summed E-state index contributed by atoms with van der Waals surface area (Å²) in [6.45, 7) is 1.70. The van der Waals surface area contributed by atoms with Gasteiger partial charge in [0.2, 0.25) is 5.91 Å². The van der Waals surface area contributed by atoms with Crippen LogP contribution < -0.4 is 5.32 Å². The molecule has 1 atom stereocenters. The van der Waals surface area contributed by atoms with E-state index in [1.807, 2.05) is 6.08 Å². The number of amides is 1. The van der Waals surface area contributed by atoms with Gasteiger partial charge in [0.1, 0.15) is 5.82 Å². The molecule has 0 spiro atoms. The van der Waals surface area contributed by atoms with E-state index in [1.54, 1.807) is 19.1 Å². The molecule has 0 saturated heterocycles. The first-order valence-corrected chi connectivity index (χ1v) is 5.89. The van der Waals surface area contributed by atoms with Gasteiger partial charge in [-0.15, -0.1) is 0 Å². The fraction of sp³-hybridized carbons (Fsp3) is 0.357. The van der Waals surface area contributed by atoms with Crippen LogP contribution in [0.25, 0.3) is 0 Å². The lowest BCUT2D eigenvalue weighted by Crippen LogP contribution is -2.23. The maximum atomic E-state index is 13.3. The minimum Gasteiger partial charge on any atom is -0.326 e. The Morgan fingerprint density at radius 1 is 1.41 bits per heavy atom. The van der Waals surface area contributed by atoms with Gasteiger partial charge in [0, 0.05) is 11.6 Å². The molecule has 0 heterocycles. The van der Waals surface area contributed by atoms with Crippen LogP contribution in [0.3, 0.4) is 0 Å². The molecule has 1 N–H and O–H groups in total. The average Bonchev–Trinajstić information content (AvgIpc) is 2.35. The molecule has 0 radical (unpaired) electrons. The first-order chi connectivity index (χ1) is 8.16. The molecule has 1 aromatic carbocycles. The second-order valence-corrected chi connectivity index (χ2v) is 4.43. The highest BCUT2D eigenvalue weighted by atomic mass is 19.1. The van der Waals surface area contributed by atoms with Gasteiger partial charge in [-0.2, -0.15) is 0 Å². The molecule has 17 heavy (non-hydrogen) atoms. The maximum absolute atomic E-state index is 13.3. The van der Waals surface area contributed by atoms with Gasteiger partial charge in [-0.3, -0.25) is 4.79 Å². The predicted molar refractivity (Wildman–Crippen MR) is 66.2 cm³/mol. The lowest BCUT2D eigenvalue weighted by Gasteiger charge is -2.17. The van der Waals surface area contributed by atoms with Crippen LogP contribution in [0.2, 0.25) is 0 Å². The predicted octanol–water partition coefficient (Wildman–Crippen LogP) is 3.43. The van der Waals surface area contributed by atoms with Gasteiger partial charge in [-0.25, -0.2) is 4.39 Å². The highest BCUT2D eigenvalue weighted by Crippen LogP contribution is 2.21. The highest BCUT2D eigenvalue weighted by Gasteiger charge is 2.18. The molecule has 0 saturated carbocycles. The van der Waals surface area contributed by atoms with E-state index in [9.17, 15) is 9.18 Å². The van der Waals surface area contributed by atoms with Crippen molar-refractivity contribution < 1.29 is 9.18 Å². The lowest BCUT2D eigenvalue weighted by molar-refractivity contribution is -0.120. The number of benzene rings is 1. The number of carbonyl (C=O) groups is 1. The number of halogens is 1. The third-order valence-corrected chi connectivity index (χ3v) is 3.08. The number of rotatable bonds is 2. The molecule has 0 unspecified atom stereocenters. The molecule has 2 nitrogen and oxygen atoms in total. The molecule has 0 fully saturated rings. The van der Waals surface area contributed by atoms with Crippen molar-refractivity contribution in [3.05, 3.63) is 41.7 Å². The Hall–Kier alpha value is -1.64. The SMILES string of the molecule is Cc1ccc(NC(=O)[C@@H]2CC=CCC2)cc1F. The van der Waals surface area contributed by atoms with Crippen molar-refractivity contribution in [2.24, 2.45) is 5.92 Å². The maximum Gasteiger partial charge on any atom is 0.227 e. The molecule has 3 heteroatoms. The fourth-order valence-electron chi connectivity index (χ4n) is 1.95. The molecule has 2 rings (SSSR count).